The fourth-order valence-corrected chi connectivity index (χ4v) is 2.74. The number of carbonyl (C=O) groups excluding carboxylic acids is 1. The summed E-state index contributed by atoms with van der Waals surface area (Å²) >= 11 is 0. The van der Waals surface area contributed by atoms with E-state index >= 15 is 0 Å². The highest BCUT2D eigenvalue weighted by Gasteiger charge is 2.20. The van der Waals surface area contributed by atoms with Gasteiger partial charge >= 0.3 is 6.03 Å². The Bertz CT molecular complexity index is 544. The van der Waals surface area contributed by atoms with Gasteiger partial charge in [-0.15, -0.1) is 0 Å². The summed E-state index contributed by atoms with van der Waals surface area (Å²) in [6, 6.07) is 5.70. The number of nitrogens with one attached hydrogen (secondary N) is 1. The van der Waals surface area contributed by atoms with Gasteiger partial charge in [-0.1, -0.05) is 6.07 Å². The normalized spacial score (nSPS) is 17.3. The van der Waals surface area contributed by atoms with Crippen LogP contribution in [-0.4, -0.2) is 69.1 Å². The summed E-state index contributed by atoms with van der Waals surface area (Å²) in [6.07, 6.45) is 0. The van der Waals surface area contributed by atoms with Crippen molar-refractivity contribution < 1.29 is 19.0 Å². The number of urea groups is 1. The molecule has 0 spiro atoms. The maximum atomic E-state index is 12.2. The van der Waals surface area contributed by atoms with E-state index in [0.29, 0.717) is 6.54 Å². The van der Waals surface area contributed by atoms with Crippen LogP contribution in [0.4, 0.5) is 4.79 Å². The lowest BCUT2D eigenvalue weighted by molar-refractivity contribution is 0.106. The SMILES string of the molecule is COCCN1CCN(C(=O)NCc2ccc3c(c2)OCO3)CC1. The topological polar surface area (TPSA) is 63.3 Å². The van der Waals surface area contributed by atoms with Crippen molar-refractivity contribution in [1.29, 1.82) is 0 Å². The molecule has 7 heteroatoms. The van der Waals surface area contributed by atoms with Crippen LogP contribution in [0.3, 0.4) is 0 Å². The van der Waals surface area contributed by atoms with Gasteiger partial charge in [-0.05, 0) is 17.7 Å². The van der Waals surface area contributed by atoms with E-state index in [-0.39, 0.29) is 12.8 Å². The number of carbonyl (C=O) groups is 1. The number of piperazine rings is 1. The van der Waals surface area contributed by atoms with Gasteiger partial charge in [0.1, 0.15) is 0 Å². The van der Waals surface area contributed by atoms with Crippen LogP contribution < -0.4 is 14.8 Å². The lowest BCUT2D eigenvalue weighted by Crippen LogP contribution is -2.52. The van der Waals surface area contributed by atoms with E-state index in [1.165, 1.54) is 0 Å². The first-order chi connectivity index (χ1) is 11.3. The number of methoxy groups -OCH3 is 1. The number of amides is 2. The molecular formula is C16H23N3O4. The lowest BCUT2D eigenvalue weighted by Gasteiger charge is -2.34. The first-order valence-corrected chi connectivity index (χ1v) is 7.89. The summed E-state index contributed by atoms with van der Waals surface area (Å²) < 4.78 is 15.7. The van der Waals surface area contributed by atoms with Crippen molar-refractivity contribution in [3.63, 3.8) is 0 Å². The second-order valence-corrected chi connectivity index (χ2v) is 5.67. The minimum atomic E-state index is -0.0194. The number of ether oxygens (including phenoxy) is 3. The second-order valence-electron chi connectivity index (χ2n) is 5.67. The minimum Gasteiger partial charge on any atom is -0.454 e. The van der Waals surface area contributed by atoms with Gasteiger partial charge in [0, 0.05) is 46.4 Å². The zero-order chi connectivity index (χ0) is 16.1. The molecule has 0 bridgehead atoms. The van der Waals surface area contributed by atoms with Crippen LogP contribution in [0.1, 0.15) is 5.56 Å². The van der Waals surface area contributed by atoms with Crippen molar-refractivity contribution in [3.8, 4) is 11.5 Å². The van der Waals surface area contributed by atoms with Crippen molar-refractivity contribution >= 4 is 6.03 Å². The van der Waals surface area contributed by atoms with Gasteiger partial charge in [0.05, 0.1) is 6.61 Å². The van der Waals surface area contributed by atoms with Crippen molar-refractivity contribution in [2.24, 2.45) is 0 Å². The number of fused-ring (bicyclic) bond motifs is 1. The maximum absolute atomic E-state index is 12.2. The predicted octanol–water partition coefficient (Wildman–Crippen LogP) is 0.889. The van der Waals surface area contributed by atoms with Crippen LogP contribution in [0.5, 0.6) is 11.5 Å². The average molecular weight is 321 g/mol. The van der Waals surface area contributed by atoms with E-state index in [4.69, 9.17) is 14.2 Å². The highest BCUT2D eigenvalue weighted by molar-refractivity contribution is 5.74. The van der Waals surface area contributed by atoms with Crippen molar-refractivity contribution in [2.75, 3.05) is 53.2 Å². The minimum absolute atomic E-state index is 0.0194. The molecule has 23 heavy (non-hydrogen) atoms. The molecular weight excluding hydrogens is 298 g/mol. The van der Waals surface area contributed by atoms with Crippen LogP contribution in [0.25, 0.3) is 0 Å². The number of hydrogen-bond acceptors (Lipinski definition) is 5. The Morgan fingerprint density at radius 2 is 2.00 bits per heavy atom. The summed E-state index contributed by atoms with van der Waals surface area (Å²) in [7, 11) is 1.71. The summed E-state index contributed by atoms with van der Waals surface area (Å²) in [5, 5.41) is 2.97. The summed E-state index contributed by atoms with van der Waals surface area (Å²) in [5.74, 6) is 1.50. The van der Waals surface area contributed by atoms with E-state index in [2.05, 4.69) is 10.2 Å². The molecule has 2 heterocycles. The Morgan fingerprint density at radius 1 is 1.22 bits per heavy atom. The molecule has 0 atom stereocenters. The van der Waals surface area contributed by atoms with E-state index in [1.54, 1.807) is 7.11 Å². The third-order valence-corrected chi connectivity index (χ3v) is 4.15. The number of hydrogen-bond donors (Lipinski definition) is 1. The lowest BCUT2D eigenvalue weighted by atomic mass is 10.2. The van der Waals surface area contributed by atoms with Gasteiger partial charge in [0.25, 0.3) is 0 Å². The van der Waals surface area contributed by atoms with Crippen LogP contribution in [0.15, 0.2) is 18.2 Å². The Balaban J connectivity index is 1.43. The smallest absolute Gasteiger partial charge is 0.317 e. The van der Waals surface area contributed by atoms with Crippen molar-refractivity contribution in [1.82, 2.24) is 15.1 Å². The molecule has 126 valence electrons. The molecule has 1 aromatic rings. The molecule has 0 aromatic heterocycles. The number of rotatable bonds is 5. The molecule has 7 nitrogen and oxygen atoms in total. The maximum Gasteiger partial charge on any atom is 0.317 e. The zero-order valence-electron chi connectivity index (χ0n) is 13.4. The fraction of sp³-hybridized carbons (Fsp3) is 0.562. The molecule has 1 aromatic carbocycles. The quantitative estimate of drug-likeness (QED) is 0.873. The summed E-state index contributed by atoms with van der Waals surface area (Å²) in [4.78, 5) is 16.4. The van der Waals surface area contributed by atoms with Crippen LogP contribution in [0.2, 0.25) is 0 Å². The molecule has 3 rings (SSSR count). The van der Waals surface area contributed by atoms with Crippen LogP contribution in [-0.2, 0) is 11.3 Å². The molecule has 2 aliphatic rings. The second kappa shape index (κ2) is 7.52. The molecule has 0 radical (unpaired) electrons. The largest absolute Gasteiger partial charge is 0.454 e. The van der Waals surface area contributed by atoms with E-state index in [9.17, 15) is 4.79 Å². The molecule has 1 N–H and O–H groups in total. The molecule has 0 saturated carbocycles. The van der Waals surface area contributed by atoms with Crippen molar-refractivity contribution in [3.05, 3.63) is 23.8 Å². The molecule has 0 unspecified atom stereocenters. The van der Waals surface area contributed by atoms with E-state index in [1.807, 2.05) is 23.1 Å². The van der Waals surface area contributed by atoms with Crippen LogP contribution in [0, 0.1) is 0 Å². The van der Waals surface area contributed by atoms with Gasteiger partial charge in [-0.2, -0.15) is 0 Å². The van der Waals surface area contributed by atoms with Crippen molar-refractivity contribution in [2.45, 2.75) is 6.54 Å². The Labute approximate surface area is 136 Å². The molecule has 2 aliphatic heterocycles. The average Bonchev–Trinajstić information content (AvgIpc) is 3.06. The molecule has 1 fully saturated rings. The monoisotopic (exact) mass is 321 g/mol. The predicted molar refractivity (Wildman–Crippen MR) is 84.7 cm³/mol. The standard InChI is InChI=1S/C16H23N3O4/c1-21-9-8-18-4-6-19(7-5-18)16(20)17-11-13-2-3-14-15(10-13)23-12-22-14/h2-3,10H,4-9,11-12H2,1H3,(H,17,20). The van der Waals surface area contributed by atoms with E-state index < -0.39 is 0 Å². The Hall–Kier alpha value is -1.99. The van der Waals surface area contributed by atoms with Gasteiger partial charge in [0.2, 0.25) is 6.79 Å². The Morgan fingerprint density at radius 3 is 2.78 bits per heavy atom. The molecule has 1 saturated heterocycles. The number of nitrogens with zero attached hydrogens (tertiary/aromatic N) is 2. The van der Waals surface area contributed by atoms with Gasteiger partial charge in [-0.25, -0.2) is 4.79 Å². The van der Waals surface area contributed by atoms with Gasteiger partial charge in [-0.3, -0.25) is 4.90 Å². The van der Waals surface area contributed by atoms with Crippen LogP contribution >= 0.6 is 0 Å². The summed E-state index contributed by atoms with van der Waals surface area (Å²) in [5.41, 5.74) is 1.00. The highest BCUT2D eigenvalue weighted by atomic mass is 16.7. The number of benzene rings is 1. The van der Waals surface area contributed by atoms with Gasteiger partial charge < -0.3 is 24.4 Å². The molecule has 0 aliphatic carbocycles. The molecule has 2 amide bonds. The van der Waals surface area contributed by atoms with E-state index in [0.717, 1.165) is 56.4 Å². The first-order valence-electron chi connectivity index (χ1n) is 7.89. The summed E-state index contributed by atoms with van der Waals surface area (Å²) in [6.45, 7) is 5.67. The van der Waals surface area contributed by atoms with Gasteiger partial charge in [0.15, 0.2) is 11.5 Å². The fourth-order valence-electron chi connectivity index (χ4n) is 2.74. The Kier molecular flexibility index (Phi) is 5.19. The highest BCUT2D eigenvalue weighted by Crippen LogP contribution is 2.32. The third-order valence-electron chi connectivity index (χ3n) is 4.15. The zero-order valence-corrected chi connectivity index (χ0v) is 13.4. The first kappa shape index (κ1) is 15.9. The third kappa shape index (κ3) is 4.05.